The van der Waals surface area contributed by atoms with Crippen molar-refractivity contribution in [3.63, 3.8) is 0 Å². The lowest BCUT2D eigenvalue weighted by molar-refractivity contribution is 0.0953. The largest absolute Gasteiger partial charge is 0.469 e. The lowest BCUT2D eigenvalue weighted by atomic mass is 10.0. The van der Waals surface area contributed by atoms with Gasteiger partial charge >= 0.3 is 0 Å². The lowest BCUT2D eigenvalue weighted by Crippen LogP contribution is -2.17. The second-order valence-corrected chi connectivity index (χ2v) is 7.10. The number of hydrazone groups is 1. The van der Waals surface area contributed by atoms with Crippen LogP contribution in [0.2, 0.25) is 0 Å². The van der Waals surface area contributed by atoms with Gasteiger partial charge in [-0.2, -0.15) is 10.2 Å². The molecule has 4 aromatic rings. The molecule has 0 spiro atoms. The van der Waals surface area contributed by atoms with E-state index in [2.05, 4.69) is 36.5 Å². The van der Waals surface area contributed by atoms with Gasteiger partial charge in [-0.05, 0) is 56.2 Å². The summed E-state index contributed by atoms with van der Waals surface area (Å²) in [6.45, 7) is 5.89. The van der Waals surface area contributed by atoms with Crippen LogP contribution < -0.4 is 5.43 Å². The fraction of sp³-hybridized carbons (Fsp3) is 0.125. The molecule has 0 aliphatic rings. The van der Waals surface area contributed by atoms with Gasteiger partial charge in [-0.3, -0.25) is 4.79 Å². The normalized spacial score (nSPS) is 11.2. The molecule has 6 nitrogen and oxygen atoms in total. The molecule has 2 heterocycles. The van der Waals surface area contributed by atoms with Crippen LogP contribution in [0.4, 0.5) is 0 Å². The van der Waals surface area contributed by atoms with Gasteiger partial charge < -0.3 is 4.42 Å². The fourth-order valence-electron chi connectivity index (χ4n) is 3.15. The average molecular weight is 398 g/mol. The molecule has 150 valence electrons. The van der Waals surface area contributed by atoms with Crippen LogP contribution in [-0.4, -0.2) is 21.9 Å². The Balaban J connectivity index is 1.68. The summed E-state index contributed by atoms with van der Waals surface area (Å²) >= 11 is 0. The van der Waals surface area contributed by atoms with E-state index in [9.17, 15) is 4.79 Å². The number of carbonyl (C=O) groups is 1. The standard InChI is InChI=1S/C24H22N4O2/c1-16-9-10-19(13-17(16)2)23-20(15-28(27-23)21-7-5-4-6-8-21)14-25-26-24(29)22-11-12-30-18(22)3/h4-15H,1-3H3,(H,26,29)/b25-14-. The highest BCUT2D eigenvalue weighted by atomic mass is 16.3. The summed E-state index contributed by atoms with van der Waals surface area (Å²) in [5, 5.41) is 8.93. The molecule has 2 aromatic heterocycles. The van der Waals surface area contributed by atoms with Crippen molar-refractivity contribution in [2.24, 2.45) is 5.10 Å². The number of nitrogens with zero attached hydrogens (tertiary/aromatic N) is 3. The number of benzene rings is 2. The highest BCUT2D eigenvalue weighted by Crippen LogP contribution is 2.25. The SMILES string of the molecule is Cc1ccc(-c2nn(-c3ccccc3)cc2/C=N\NC(=O)c2ccoc2C)cc1C. The summed E-state index contributed by atoms with van der Waals surface area (Å²) in [7, 11) is 0. The Kier molecular flexibility index (Phi) is 5.30. The zero-order chi connectivity index (χ0) is 21.1. The molecule has 4 rings (SSSR count). The summed E-state index contributed by atoms with van der Waals surface area (Å²) in [6, 6.07) is 17.7. The molecule has 0 fully saturated rings. The first kappa shape index (κ1) is 19.4. The molecule has 0 bridgehead atoms. The van der Waals surface area contributed by atoms with Crippen molar-refractivity contribution in [1.29, 1.82) is 0 Å². The van der Waals surface area contributed by atoms with Crippen LogP contribution in [0.1, 0.15) is 32.8 Å². The summed E-state index contributed by atoms with van der Waals surface area (Å²) in [5.41, 5.74) is 8.95. The number of carbonyl (C=O) groups excluding carboxylic acids is 1. The van der Waals surface area contributed by atoms with Gasteiger partial charge in [0.1, 0.15) is 11.5 Å². The molecule has 1 N–H and O–H groups in total. The third-order valence-electron chi connectivity index (χ3n) is 5.02. The van der Waals surface area contributed by atoms with Crippen molar-refractivity contribution < 1.29 is 9.21 Å². The number of rotatable bonds is 5. The molecule has 0 atom stereocenters. The predicted molar refractivity (Wildman–Crippen MR) is 117 cm³/mol. The maximum absolute atomic E-state index is 12.3. The maximum Gasteiger partial charge on any atom is 0.274 e. The van der Waals surface area contributed by atoms with Crippen LogP contribution in [0.25, 0.3) is 16.9 Å². The van der Waals surface area contributed by atoms with Gasteiger partial charge in [-0.25, -0.2) is 10.1 Å². The van der Waals surface area contributed by atoms with Crippen molar-refractivity contribution in [3.8, 4) is 16.9 Å². The Labute approximate surface area is 174 Å². The minimum Gasteiger partial charge on any atom is -0.469 e. The number of amides is 1. The minimum absolute atomic E-state index is 0.319. The zero-order valence-electron chi connectivity index (χ0n) is 17.1. The highest BCUT2D eigenvalue weighted by Gasteiger charge is 2.13. The summed E-state index contributed by atoms with van der Waals surface area (Å²) in [4.78, 5) is 12.3. The molecule has 2 aromatic carbocycles. The summed E-state index contributed by atoms with van der Waals surface area (Å²) in [5.74, 6) is 0.232. The van der Waals surface area contributed by atoms with Crippen molar-refractivity contribution >= 4 is 12.1 Å². The van der Waals surface area contributed by atoms with E-state index < -0.39 is 0 Å². The number of aromatic nitrogens is 2. The van der Waals surface area contributed by atoms with E-state index in [4.69, 9.17) is 9.52 Å². The first-order valence-corrected chi connectivity index (χ1v) is 9.63. The Hall–Kier alpha value is -3.93. The van der Waals surface area contributed by atoms with Gasteiger partial charge in [0, 0.05) is 17.3 Å². The molecule has 6 heteroatoms. The van der Waals surface area contributed by atoms with Crippen molar-refractivity contribution in [2.45, 2.75) is 20.8 Å². The molecule has 0 aliphatic carbocycles. The second-order valence-electron chi connectivity index (χ2n) is 7.10. The van der Waals surface area contributed by atoms with Crippen LogP contribution in [0, 0.1) is 20.8 Å². The second kappa shape index (κ2) is 8.21. The molecule has 30 heavy (non-hydrogen) atoms. The third kappa shape index (κ3) is 3.93. The monoisotopic (exact) mass is 398 g/mol. The van der Waals surface area contributed by atoms with E-state index in [1.54, 1.807) is 19.2 Å². The number of hydrogen-bond acceptors (Lipinski definition) is 4. The molecule has 0 unspecified atom stereocenters. The predicted octanol–water partition coefficient (Wildman–Crippen LogP) is 4.82. The third-order valence-corrected chi connectivity index (χ3v) is 5.02. The molecule has 0 radical (unpaired) electrons. The van der Waals surface area contributed by atoms with E-state index in [-0.39, 0.29) is 5.91 Å². The van der Waals surface area contributed by atoms with Crippen LogP contribution in [0.3, 0.4) is 0 Å². The Bertz CT molecular complexity index is 1220. The maximum atomic E-state index is 12.3. The molecule has 0 saturated carbocycles. The fourth-order valence-corrected chi connectivity index (χ4v) is 3.15. The summed E-state index contributed by atoms with van der Waals surface area (Å²) < 4.78 is 6.99. The first-order chi connectivity index (χ1) is 14.5. The quantitative estimate of drug-likeness (QED) is 0.387. The van der Waals surface area contributed by atoms with E-state index >= 15 is 0 Å². The van der Waals surface area contributed by atoms with Gasteiger partial charge in [0.05, 0.1) is 23.7 Å². The van der Waals surface area contributed by atoms with Gasteiger partial charge in [-0.15, -0.1) is 0 Å². The number of nitrogens with one attached hydrogen (secondary N) is 1. The number of furan rings is 1. The lowest BCUT2D eigenvalue weighted by Gasteiger charge is -2.04. The van der Waals surface area contributed by atoms with E-state index in [1.807, 2.05) is 47.3 Å². The van der Waals surface area contributed by atoms with Crippen LogP contribution in [-0.2, 0) is 0 Å². The van der Waals surface area contributed by atoms with Crippen molar-refractivity contribution in [2.75, 3.05) is 0 Å². The van der Waals surface area contributed by atoms with Crippen LogP contribution >= 0.6 is 0 Å². The molecule has 0 saturated heterocycles. The van der Waals surface area contributed by atoms with Gasteiger partial charge in [-0.1, -0.05) is 30.3 Å². The van der Waals surface area contributed by atoms with Crippen molar-refractivity contribution in [1.82, 2.24) is 15.2 Å². The average Bonchev–Trinajstić information content (AvgIpc) is 3.37. The molecule has 1 amide bonds. The number of hydrogen-bond donors (Lipinski definition) is 1. The Morgan fingerprint density at radius 3 is 2.57 bits per heavy atom. The first-order valence-electron chi connectivity index (χ1n) is 9.63. The van der Waals surface area contributed by atoms with E-state index in [1.165, 1.54) is 17.4 Å². The molecular weight excluding hydrogens is 376 g/mol. The van der Waals surface area contributed by atoms with Crippen LogP contribution in [0.15, 0.2) is 76.6 Å². The minimum atomic E-state index is -0.319. The molecular formula is C24H22N4O2. The van der Waals surface area contributed by atoms with E-state index in [0.29, 0.717) is 11.3 Å². The Morgan fingerprint density at radius 2 is 1.87 bits per heavy atom. The smallest absolute Gasteiger partial charge is 0.274 e. The molecule has 0 aliphatic heterocycles. The van der Waals surface area contributed by atoms with Crippen LogP contribution in [0.5, 0.6) is 0 Å². The van der Waals surface area contributed by atoms with Gasteiger partial charge in [0.2, 0.25) is 0 Å². The summed E-state index contributed by atoms with van der Waals surface area (Å²) in [6.07, 6.45) is 5.00. The van der Waals surface area contributed by atoms with Crippen molar-refractivity contribution in [3.05, 3.63) is 95.1 Å². The van der Waals surface area contributed by atoms with E-state index in [0.717, 1.165) is 22.5 Å². The Morgan fingerprint density at radius 1 is 1.07 bits per heavy atom. The van der Waals surface area contributed by atoms with Gasteiger partial charge in [0.15, 0.2) is 0 Å². The van der Waals surface area contributed by atoms with Gasteiger partial charge in [0.25, 0.3) is 5.91 Å². The zero-order valence-corrected chi connectivity index (χ0v) is 17.1. The number of aryl methyl sites for hydroxylation is 3. The topological polar surface area (TPSA) is 72.4 Å². The number of para-hydroxylation sites is 1. The highest BCUT2D eigenvalue weighted by molar-refractivity contribution is 5.96.